The predicted molar refractivity (Wildman–Crippen MR) is 55.3 cm³/mol. The van der Waals surface area contributed by atoms with E-state index in [1.54, 1.807) is 0 Å². The Morgan fingerprint density at radius 2 is 1.92 bits per heavy atom. The van der Waals surface area contributed by atoms with Crippen molar-refractivity contribution >= 4 is 8.81 Å². The summed E-state index contributed by atoms with van der Waals surface area (Å²) in [5, 5.41) is 0. The zero-order chi connectivity index (χ0) is 8.97. The second kappa shape index (κ2) is 4.47. The van der Waals surface area contributed by atoms with Gasteiger partial charge in [0.25, 0.3) is 0 Å². The molecule has 1 unspecified atom stereocenters. The molecule has 66 valence electrons. The maximum Gasteiger partial charge on any atom is 0.125 e. The van der Waals surface area contributed by atoms with E-state index in [2.05, 4.69) is 26.8 Å². The number of para-hydroxylation sites is 1. The van der Waals surface area contributed by atoms with Gasteiger partial charge in [0.1, 0.15) is 5.75 Å². The van der Waals surface area contributed by atoms with Crippen LogP contribution in [0.4, 0.5) is 0 Å². The molecule has 0 amide bonds. The highest BCUT2D eigenvalue weighted by atomic mass is 31.1. The minimum atomic E-state index is 0.562. The van der Waals surface area contributed by atoms with Crippen LogP contribution in [0.25, 0.3) is 0 Å². The first-order valence-corrected chi connectivity index (χ1v) is 5.16. The van der Waals surface area contributed by atoms with Gasteiger partial charge in [0.2, 0.25) is 0 Å². The fourth-order valence-corrected chi connectivity index (χ4v) is 1.44. The molecule has 0 heterocycles. The maximum atomic E-state index is 5.63. The minimum absolute atomic E-state index is 0.562. The van der Waals surface area contributed by atoms with Gasteiger partial charge in [-0.3, -0.25) is 0 Å². The van der Waals surface area contributed by atoms with E-state index >= 15 is 0 Å². The van der Waals surface area contributed by atoms with Gasteiger partial charge in [-0.1, -0.05) is 32.0 Å². The van der Waals surface area contributed by atoms with Crippen molar-refractivity contribution in [3.63, 3.8) is 0 Å². The standard InChI is InChI=1S/C10H15OP/c1-8(2)12-11-10-7-5-4-6-9(10)3/h4-8,12H,1-3H3. The average Bonchev–Trinajstić information content (AvgIpc) is 2.03. The van der Waals surface area contributed by atoms with Crippen LogP contribution >= 0.6 is 8.81 Å². The van der Waals surface area contributed by atoms with Crippen LogP contribution in [0.1, 0.15) is 19.4 Å². The summed E-state index contributed by atoms with van der Waals surface area (Å²) in [7, 11) is 0.562. The van der Waals surface area contributed by atoms with Gasteiger partial charge in [-0.15, -0.1) is 0 Å². The molecule has 1 aromatic rings. The van der Waals surface area contributed by atoms with E-state index in [0.717, 1.165) is 5.75 Å². The van der Waals surface area contributed by atoms with Gasteiger partial charge in [0.05, 0.1) is 8.81 Å². The molecule has 12 heavy (non-hydrogen) atoms. The van der Waals surface area contributed by atoms with Crippen molar-refractivity contribution in [2.45, 2.75) is 26.4 Å². The summed E-state index contributed by atoms with van der Waals surface area (Å²) in [4.78, 5) is 0. The molecule has 0 N–H and O–H groups in total. The number of hydrogen-bond donors (Lipinski definition) is 0. The maximum absolute atomic E-state index is 5.63. The molecule has 1 rings (SSSR count). The number of rotatable bonds is 3. The Hall–Kier alpha value is -0.550. The molecule has 0 bridgehead atoms. The summed E-state index contributed by atoms with van der Waals surface area (Å²) >= 11 is 0. The van der Waals surface area contributed by atoms with E-state index in [0.29, 0.717) is 14.5 Å². The number of aryl methyl sites for hydroxylation is 1. The molecule has 0 aliphatic heterocycles. The van der Waals surface area contributed by atoms with Crippen molar-refractivity contribution in [1.82, 2.24) is 0 Å². The topological polar surface area (TPSA) is 9.23 Å². The van der Waals surface area contributed by atoms with Crippen LogP contribution in [-0.2, 0) is 0 Å². The average molecular weight is 182 g/mol. The van der Waals surface area contributed by atoms with Gasteiger partial charge >= 0.3 is 0 Å². The molecule has 0 aromatic heterocycles. The van der Waals surface area contributed by atoms with E-state index in [1.807, 2.05) is 18.2 Å². The van der Waals surface area contributed by atoms with Crippen molar-refractivity contribution in [3.05, 3.63) is 29.8 Å². The first-order chi connectivity index (χ1) is 5.70. The first kappa shape index (κ1) is 9.54. The Balaban J connectivity index is 2.57. The Morgan fingerprint density at radius 1 is 1.25 bits per heavy atom. The Kier molecular flexibility index (Phi) is 3.55. The van der Waals surface area contributed by atoms with Crippen molar-refractivity contribution in [2.75, 3.05) is 0 Å². The van der Waals surface area contributed by atoms with Gasteiger partial charge in [-0.2, -0.15) is 0 Å². The predicted octanol–water partition coefficient (Wildman–Crippen LogP) is 3.38. The van der Waals surface area contributed by atoms with Gasteiger partial charge in [-0.25, -0.2) is 0 Å². The highest BCUT2D eigenvalue weighted by Gasteiger charge is 1.98. The van der Waals surface area contributed by atoms with E-state index in [4.69, 9.17) is 4.52 Å². The molecular weight excluding hydrogens is 167 g/mol. The second-order valence-electron chi connectivity index (χ2n) is 3.14. The highest BCUT2D eigenvalue weighted by molar-refractivity contribution is 7.33. The highest BCUT2D eigenvalue weighted by Crippen LogP contribution is 2.26. The Labute approximate surface area is 76.0 Å². The van der Waals surface area contributed by atoms with Crippen molar-refractivity contribution in [3.8, 4) is 5.75 Å². The minimum Gasteiger partial charge on any atom is -0.477 e. The van der Waals surface area contributed by atoms with Crippen LogP contribution in [0.5, 0.6) is 5.75 Å². The summed E-state index contributed by atoms with van der Waals surface area (Å²) in [5.41, 5.74) is 1.83. The summed E-state index contributed by atoms with van der Waals surface area (Å²) in [5.74, 6) is 1.02. The monoisotopic (exact) mass is 182 g/mol. The van der Waals surface area contributed by atoms with Gasteiger partial charge < -0.3 is 4.52 Å². The van der Waals surface area contributed by atoms with Crippen LogP contribution in [-0.4, -0.2) is 5.66 Å². The molecule has 0 spiro atoms. The van der Waals surface area contributed by atoms with Crippen LogP contribution in [0.2, 0.25) is 0 Å². The first-order valence-electron chi connectivity index (χ1n) is 4.18. The molecule has 0 fully saturated rings. The summed E-state index contributed by atoms with van der Waals surface area (Å²) < 4.78 is 5.63. The van der Waals surface area contributed by atoms with Crippen LogP contribution in [0, 0.1) is 6.92 Å². The lowest BCUT2D eigenvalue weighted by Crippen LogP contribution is -1.89. The van der Waals surface area contributed by atoms with Crippen LogP contribution in [0.3, 0.4) is 0 Å². The smallest absolute Gasteiger partial charge is 0.125 e. The Morgan fingerprint density at radius 3 is 2.50 bits per heavy atom. The van der Waals surface area contributed by atoms with E-state index in [1.165, 1.54) is 5.56 Å². The van der Waals surface area contributed by atoms with E-state index in [9.17, 15) is 0 Å². The fraction of sp³-hybridized carbons (Fsp3) is 0.400. The van der Waals surface area contributed by atoms with Gasteiger partial charge in [-0.05, 0) is 18.6 Å². The molecule has 1 aromatic carbocycles. The molecule has 1 atom stereocenters. The molecule has 1 nitrogen and oxygen atoms in total. The van der Waals surface area contributed by atoms with Gasteiger partial charge in [0, 0.05) is 5.66 Å². The summed E-state index contributed by atoms with van der Waals surface area (Å²) in [6, 6.07) is 8.12. The van der Waals surface area contributed by atoms with E-state index < -0.39 is 0 Å². The van der Waals surface area contributed by atoms with Crippen LogP contribution < -0.4 is 4.52 Å². The SMILES string of the molecule is Cc1ccccc1OPC(C)C. The van der Waals surface area contributed by atoms with Crippen molar-refractivity contribution in [2.24, 2.45) is 0 Å². The third-order valence-electron chi connectivity index (χ3n) is 1.50. The van der Waals surface area contributed by atoms with Crippen molar-refractivity contribution < 1.29 is 4.52 Å². The molecule has 0 saturated carbocycles. The quantitative estimate of drug-likeness (QED) is 0.651. The lowest BCUT2D eigenvalue weighted by atomic mass is 10.2. The van der Waals surface area contributed by atoms with Crippen LogP contribution in [0.15, 0.2) is 24.3 Å². The number of hydrogen-bond acceptors (Lipinski definition) is 1. The lowest BCUT2D eigenvalue weighted by Gasteiger charge is -2.09. The second-order valence-corrected chi connectivity index (χ2v) is 4.73. The normalized spacial score (nSPS) is 11.3. The zero-order valence-electron chi connectivity index (χ0n) is 7.79. The lowest BCUT2D eigenvalue weighted by molar-refractivity contribution is 0.617. The summed E-state index contributed by atoms with van der Waals surface area (Å²) in [6.07, 6.45) is 0. The molecular formula is C10H15OP. The fourth-order valence-electron chi connectivity index (χ4n) is 0.852. The van der Waals surface area contributed by atoms with Gasteiger partial charge in [0.15, 0.2) is 0 Å². The molecule has 0 aliphatic rings. The molecule has 0 saturated heterocycles. The summed E-state index contributed by atoms with van der Waals surface area (Å²) in [6.45, 7) is 6.40. The largest absolute Gasteiger partial charge is 0.477 e. The van der Waals surface area contributed by atoms with Crippen molar-refractivity contribution in [1.29, 1.82) is 0 Å². The molecule has 0 aliphatic carbocycles. The number of benzene rings is 1. The van der Waals surface area contributed by atoms with E-state index in [-0.39, 0.29) is 0 Å². The third-order valence-corrected chi connectivity index (χ3v) is 2.31. The molecule has 0 radical (unpaired) electrons. The Bertz CT molecular complexity index is 245. The zero-order valence-corrected chi connectivity index (χ0v) is 8.79. The third kappa shape index (κ3) is 2.83. The molecule has 2 heteroatoms.